The fraction of sp³-hybridized carbons (Fsp3) is 0.316. The van der Waals surface area contributed by atoms with Crippen molar-refractivity contribution in [2.24, 2.45) is 0 Å². The Morgan fingerprint density at radius 3 is 2.85 bits per heavy atom. The number of oxazole rings is 1. The number of nitrogens with one attached hydrogen (secondary N) is 2. The van der Waals surface area contributed by atoms with Crippen LogP contribution in [-0.2, 0) is 6.42 Å². The van der Waals surface area contributed by atoms with Crippen LogP contribution in [0.1, 0.15) is 22.9 Å². The SMILES string of the molecule is Cc1cc2c(c(O)c1-c1ccc3oc(C4CNC(=O)NC4)nc3n1)CCO2. The number of rotatable bonds is 2. The van der Waals surface area contributed by atoms with Gasteiger partial charge < -0.3 is 24.9 Å². The summed E-state index contributed by atoms with van der Waals surface area (Å²) >= 11 is 0. The summed E-state index contributed by atoms with van der Waals surface area (Å²) in [5.41, 5.74) is 4.10. The molecule has 5 rings (SSSR count). The molecule has 8 nitrogen and oxygen atoms in total. The molecular formula is C19H18N4O4. The van der Waals surface area contributed by atoms with E-state index >= 15 is 0 Å². The van der Waals surface area contributed by atoms with Gasteiger partial charge in [-0.15, -0.1) is 0 Å². The second-order valence-electron chi connectivity index (χ2n) is 6.85. The van der Waals surface area contributed by atoms with E-state index in [1.165, 1.54) is 0 Å². The number of benzene rings is 1. The molecule has 2 amide bonds. The normalized spacial score (nSPS) is 16.7. The molecule has 0 saturated carbocycles. The molecule has 4 heterocycles. The van der Waals surface area contributed by atoms with E-state index in [9.17, 15) is 9.90 Å². The number of nitrogens with zero attached hydrogens (tertiary/aromatic N) is 2. The lowest BCUT2D eigenvalue weighted by Gasteiger charge is -2.20. The summed E-state index contributed by atoms with van der Waals surface area (Å²) in [6.45, 7) is 3.44. The Morgan fingerprint density at radius 1 is 1.22 bits per heavy atom. The van der Waals surface area contributed by atoms with Gasteiger partial charge in [-0.3, -0.25) is 0 Å². The Labute approximate surface area is 154 Å². The zero-order chi connectivity index (χ0) is 18.5. The van der Waals surface area contributed by atoms with Gasteiger partial charge in [0, 0.05) is 30.6 Å². The molecule has 0 atom stereocenters. The molecule has 1 saturated heterocycles. The quantitative estimate of drug-likeness (QED) is 0.642. The number of hydrogen-bond donors (Lipinski definition) is 3. The fourth-order valence-electron chi connectivity index (χ4n) is 3.66. The average Bonchev–Trinajstić information content (AvgIpc) is 3.28. The van der Waals surface area contributed by atoms with E-state index in [-0.39, 0.29) is 17.7 Å². The summed E-state index contributed by atoms with van der Waals surface area (Å²) in [5, 5.41) is 16.2. The molecule has 0 bridgehead atoms. The molecule has 3 aromatic rings. The standard InChI is InChI=1S/C19H18N4O4/c1-9-6-14-11(4-5-26-14)16(24)15(9)12-2-3-13-17(22-12)23-18(27-13)10-7-20-19(25)21-8-10/h2-3,6,10,24H,4-5,7-8H2,1H3,(H2,20,21,25). The molecule has 0 radical (unpaired) electrons. The summed E-state index contributed by atoms with van der Waals surface area (Å²) < 4.78 is 11.4. The van der Waals surface area contributed by atoms with E-state index < -0.39 is 0 Å². The van der Waals surface area contributed by atoms with Crippen LogP contribution in [0.3, 0.4) is 0 Å². The summed E-state index contributed by atoms with van der Waals surface area (Å²) in [4.78, 5) is 20.4. The van der Waals surface area contributed by atoms with Crippen LogP contribution < -0.4 is 15.4 Å². The Kier molecular flexibility index (Phi) is 3.46. The zero-order valence-electron chi connectivity index (χ0n) is 14.7. The Bertz CT molecular complexity index is 1070. The summed E-state index contributed by atoms with van der Waals surface area (Å²) in [6, 6.07) is 5.39. The average molecular weight is 366 g/mol. The first-order chi connectivity index (χ1) is 13.1. The Balaban J connectivity index is 1.55. The number of phenols is 1. The highest BCUT2D eigenvalue weighted by atomic mass is 16.5. The number of phenolic OH excluding ortho intramolecular Hbond substituents is 1. The van der Waals surface area contributed by atoms with E-state index in [1.807, 2.05) is 25.1 Å². The molecule has 2 aromatic heterocycles. The van der Waals surface area contributed by atoms with Gasteiger partial charge in [-0.25, -0.2) is 9.78 Å². The maximum Gasteiger partial charge on any atom is 0.314 e. The van der Waals surface area contributed by atoms with Crippen LogP contribution in [0.5, 0.6) is 11.5 Å². The number of aromatic hydroxyl groups is 1. The second kappa shape index (κ2) is 5.87. The second-order valence-corrected chi connectivity index (χ2v) is 6.85. The van der Waals surface area contributed by atoms with Crippen molar-refractivity contribution in [3.05, 3.63) is 35.2 Å². The molecule has 27 heavy (non-hydrogen) atoms. The summed E-state index contributed by atoms with van der Waals surface area (Å²) in [6.07, 6.45) is 0.686. The van der Waals surface area contributed by atoms with Crippen molar-refractivity contribution in [2.45, 2.75) is 19.3 Å². The van der Waals surface area contributed by atoms with Gasteiger partial charge in [0.05, 0.1) is 18.2 Å². The fourth-order valence-corrected chi connectivity index (χ4v) is 3.66. The number of pyridine rings is 1. The number of aromatic nitrogens is 2. The number of carbonyl (C=O) groups excluding carboxylic acids is 1. The van der Waals surface area contributed by atoms with E-state index in [2.05, 4.69) is 20.6 Å². The highest BCUT2D eigenvalue weighted by Crippen LogP contribution is 2.42. The lowest BCUT2D eigenvalue weighted by molar-refractivity contribution is 0.232. The van der Waals surface area contributed by atoms with Crippen molar-refractivity contribution in [3.63, 3.8) is 0 Å². The lowest BCUT2D eigenvalue weighted by Crippen LogP contribution is -2.47. The highest BCUT2D eigenvalue weighted by Gasteiger charge is 2.25. The molecule has 1 aromatic carbocycles. The predicted octanol–water partition coefficient (Wildman–Crippen LogP) is 2.24. The van der Waals surface area contributed by atoms with E-state index in [0.717, 1.165) is 16.9 Å². The number of urea groups is 1. The number of ether oxygens (including phenoxy) is 1. The van der Waals surface area contributed by atoms with Crippen LogP contribution >= 0.6 is 0 Å². The zero-order valence-corrected chi connectivity index (χ0v) is 14.7. The van der Waals surface area contributed by atoms with Crippen molar-refractivity contribution < 1.29 is 19.1 Å². The summed E-state index contributed by atoms with van der Waals surface area (Å²) in [5.74, 6) is 1.45. The molecule has 2 aliphatic rings. The van der Waals surface area contributed by atoms with Gasteiger partial charge in [0.1, 0.15) is 11.5 Å². The van der Waals surface area contributed by atoms with E-state index in [0.29, 0.717) is 54.5 Å². The Morgan fingerprint density at radius 2 is 2.04 bits per heavy atom. The summed E-state index contributed by atoms with van der Waals surface area (Å²) in [7, 11) is 0. The van der Waals surface area contributed by atoms with Gasteiger partial charge in [-0.2, -0.15) is 4.98 Å². The minimum absolute atomic E-state index is 0.0485. The third-order valence-electron chi connectivity index (χ3n) is 5.07. The van der Waals surface area contributed by atoms with Gasteiger partial charge in [0.15, 0.2) is 11.2 Å². The number of fused-ring (bicyclic) bond motifs is 2. The molecule has 0 aliphatic carbocycles. The highest BCUT2D eigenvalue weighted by molar-refractivity contribution is 5.80. The first kappa shape index (κ1) is 15.9. The maximum absolute atomic E-state index is 11.2. The van der Waals surface area contributed by atoms with E-state index in [1.54, 1.807) is 0 Å². The number of carbonyl (C=O) groups is 1. The van der Waals surface area contributed by atoms with Crippen molar-refractivity contribution in [1.82, 2.24) is 20.6 Å². The van der Waals surface area contributed by atoms with Gasteiger partial charge in [-0.05, 0) is 30.7 Å². The topological polar surface area (TPSA) is 110 Å². The van der Waals surface area contributed by atoms with Crippen LogP contribution in [0.15, 0.2) is 22.6 Å². The van der Waals surface area contributed by atoms with Crippen LogP contribution in [0.4, 0.5) is 4.79 Å². The number of hydrogen-bond acceptors (Lipinski definition) is 6. The molecule has 1 fully saturated rings. The van der Waals surface area contributed by atoms with Gasteiger partial charge >= 0.3 is 6.03 Å². The monoisotopic (exact) mass is 366 g/mol. The van der Waals surface area contributed by atoms with Crippen LogP contribution in [-0.4, -0.2) is 40.8 Å². The van der Waals surface area contributed by atoms with Crippen LogP contribution in [0, 0.1) is 6.92 Å². The number of amides is 2. The predicted molar refractivity (Wildman–Crippen MR) is 97.0 cm³/mol. The Hall–Kier alpha value is -3.29. The van der Waals surface area contributed by atoms with E-state index in [4.69, 9.17) is 9.15 Å². The van der Waals surface area contributed by atoms with Crippen molar-refractivity contribution >= 4 is 17.3 Å². The first-order valence-corrected chi connectivity index (χ1v) is 8.88. The molecule has 0 spiro atoms. The van der Waals surface area contributed by atoms with Crippen molar-refractivity contribution in [3.8, 4) is 22.8 Å². The molecule has 2 aliphatic heterocycles. The van der Waals surface area contributed by atoms with Crippen LogP contribution in [0.25, 0.3) is 22.5 Å². The third-order valence-corrected chi connectivity index (χ3v) is 5.07. The smallest absolute Gasteiger partial charge is 0.314 e. The third kappa shape index (κ3) is 2.56. The van der Waals surface area contributed by atoms with Crippen molar-refractivity contribution in [2.75, 3.05) is 19.7 Å². The van der Waals surface area contributed by atoms with Crippen molar-refractivity contribution in [1.29, 1.82) is 0 Å². The number of aryl methyl sites for hydroxylation is 1. The molecule has 0 unspecified atom stereocenters. The minimum Gasteiger partial charge on any atom is -0.507 e. The van der Waals surface area contributed by atoms with Gasteiger partial charge in [-0.1, -0.05) is 0 Å². The molecule has 8 heteroatoms. The molecular weight excluding hydrogens is 348 g/mol. The minimum atomic E-state index is -0.186. The maximum atomic E-state index is 11.2. The largest absolute Gasteiger partial charge is 0.507 e. The van der Waals surface area contributed by atoms with Gasteiger partial charge in [0.25, 0.3) is 0 Å². The van der Waals surface area contributed by atoms with Crippen LogP contribution in [0.2, 0.25) is 0 Å². The first-order valence-electron chi connectivity index (χ1n) is 8.88. The van der Waals surface area contributed by atoms with Gasteiger partial charge in [0.2, 0.25) is 5.89 Å². The molecule has 3 N–H and O–H groups in total. The lowest BCUT2D eigenvalue weighted by atomic mass is 9.98. The molecule has 138 valence electrons.